The number of ether oxygens (including phenoxy) is 1. The summed E-state index contributed by atoms with van der Waals surface area (Å²) in [6, 6.07) is 12.7. The number of aromatic nitrogens is 4. The lowest BCUT2D eigenvalue weighted by atomic mass is 9.81. The summed E-state index contributed by atoms with van der Waals surface area (Å²) in [5, 5.41) is 74.3. The Balaban J connectivity index is 1.36. The van der Waals surface area contributed by atoms with Gasteiger partial charge in [0.15, 0.2) is 5.82 Å². The molecule has 0 unspecified atom stereocenters. The van der Waals surface area contributed by atoms with Crippen molar-refractivity contribution >= 4 is 70.8 Å². The Kier molecular flexibility index (Phi) is 32.1. The summed E-state index contributed by atoms with van der Waals surface area (Å²) in [7, 11) is 0. The number of H-pyrrole nitrogens is 1. The number of aliphatic hydroxyl groups excluding tert-OH is 3. The standard InChI is InChI=1S/C71H96FN15O17/c1-9-44-31-48(104-26-13-12-25-73)23-24-49(44)45-21-19-42(20-22-45)30-52(63(97)77-51(61(74)95)18-14-15-43-28-38(2)27-39(3)29-43)78-64(98)53(34-58(93)94)79-65(99)54(37-88)80-66(100)59(40(4)89)82-69(103)71(8,35-46-16-10-11-17-50(46)72)83-67(101)60(41(5)90)81-57(92)36-76-62(96)47(33-56-84-86-87-85-56)32-55(91)70(6,7)68(75)102/h10-11,16-17,19-24,27-29,31,40-41,47,51-54,59-60,88-90H,9,12-15,18,25-26,30,32-37,73H2,1-8H3,(H2,74,95)(H2,75,102)(H,76,96)(H,77,97)(H,78,98)(H,79,99)(H,80,100)(H,81,92)(H,82,103)(H,83,101)(H,93,94)(H,84,85,86,87)/t40-,41-,47+,51+,52+,53+,54+,59+,60+,71+/m1/s1. The zero-order chi connectivity index (χ0) is 77.2. The molecule has 0 spiro atoms. The first-order chi connectivity index (χ1) is 49.1. The predicted molar refractivity (Wildman–Crippen MR) is 375 cm³/mol. The van der Waals surface area contributed by atoms with E-state index < -0.39 is 174 Å². The minimum Gasteiger partial charge on any atom is -0.494 e. The van der Waals surface area contributed by atoms with E-state index in [9.17, 15) is 78.0 Å². The number of rotatable bonds is 43. The van der Waals surface area contributed by atoms with Gasteiger partial charge in [0.1, 0.15) is 64.6 Å². The highest BCUT2D eigenvalue weighted by Crippen LogP contribution is 2.30. The highest BCUT2D eigenvalue weighted by molar-refractivity contribution is 6.06. The van der Waals surface area contributed by atoms with Gasteiger partial charge in [-0.3, -0.25) is 57.5 Å². The number of nitrogens with two attached hydrogens (primary N) is 3. The highest BCUT2D eigenvalue weighted by Gasteiger charge is 2.43. The molecule has 5 aromatic rings. The van der Waals surface area contributed by atoms with Gasteiger partial charge in [0.25, 0.3) is 0 Å². The van der Waals surface area contributed by atoms with Crippen molar-refractivity contribution in [2.75, 3.05) is 26.3 Å². The van der Waals surface area contributed by atoms with Crippen molar-refractivity contribution in [2.45, 2.75) is 180 Å². The van der Waals surface area contributed by atoms with Gasteiger partial charge in [0.05, 0.1) is 44.3 Å². The molecule has 32 nitrogen and oxygen atoms in total. The molecule has 0 radical (unpaired) electrons. The third-order valence-corrected chi connectivity index (χ3v) is 17.3. The normalized spacial score (nSPS) is 14.5. The molecule has 0 saturated heterocycles. The molecule has 0 aliphatic heterocycles. The summed E-state index contributed by atoms with van der Waals surface area (Å²) in [5.41, 5.74) is 18.8. The number of Topliss-reactive ketones (excluding diaryl/α,β-unsaturated/α-hetero) is 1. The quantitative estimate of drug-likeness (QED) is 0.0165. The number of nitrogens with zero attached hydrogens (tertiary/aromatic N) is 3. The van der Waals surface area contributed by atoms with Crippen LogP contribution in [0.15, 0.2) is 84.9 Å². The average molecular weight is 1450 g/mol. The first kappa shape index (κ1) is 84.0. The number of benzene rings is 4. The van der Waals surface area contributed by atoms with Crippen molar-refractivity contribution in [1.82, 2.24) is 63.2 Å². The second kappa shape index (κ2) is 39.7. The van der Waals surface area contributed by atoms with Gasteiger partial charge >= 0.3 is 5.97 Å². The second-order valence-corrected chi connectivity index (χ2v) is 26.4. The molecular formula is C71H96FN15O17. The molecule has 0 aliphatic carbocycles. The molecule has 4 aromatic carbocycles. The van der Waals surface area contributed by atoms with Crippen LogP contribution >= 0.6 is 0 Å². The monoisotopic (exact) mass is 1450 g/mol. The summed E-state index contributed by atoms with van der Waals surface area (Å²) in [4.78, 5) is 164. The molecule has 0 aliphatic rings. The number of tetrazole rings is 1. The minimum atomic E-state index is -2.39. The number of aliphatic hydroxyl groups is 3. The number of ketones is 1. The number of amides is 10. The van der Waals surface area contributed by atoms with E-state index >= 15 is 4.39 Å². The van der Waals surface area contributed by atoms with Crippen LogP contribution in [0.25, 0.3) is 11.1 Å². The highest BCUT2D eigenvalue weighted by atomic mass is 19.1. The van der Waals surface area contributed by atoms with Gasteiger partial charge in [-0.05, 0) is 145 Å². The maximum Gasteiger partial charge on any atom is 0.305 e. The van der Waals surface area contributed by atoms with Crippen LogP contribution in [-0.2, 0) is 89.6 Å². The van der Waals surface area contributed by atoms with Gasteiger partial charge in [-0.25, -0.2) is 4.39 Å². The van der Waals surface area contributed by atoms with Crippen molar-refractivity contribution in [3.05, 3.63) is 130 Å². The van der Waals surface area contributed by atoms with Gasteiger partial charge in [-0.1, -0.05) is 90.0 Å². The number of carbonyl (C=O) groups is 12. The van der Waals surface area contributed by atoms with E-state index in [0.29, 0.717) is 43.7 Å². The molecule has 564 valence electrons. The van der Waals surface area contributed by atoms with E-state index in [1.165, 1.54) is 32.0 Å². The van der Waals surface area contributed by atoms with E-state index in [0.717, 1.165) is 73.1 Å². The summed E-state index contributed by atoms with van der Waals surface area (Å²) < 4.78 is 21.4. The second-order valence-electron chi connectivity index (χ2n) is 26.4. The fourth-order valence-electron chi connectivity index (χ4n) is 11.2. The number of aliphatic carboxylic acids is 1. The number of unbranched alkanes of at least 4 members (excludes halogenated alkanes) is 1. The lowest BCUT2D eigenvalue weighted by molar-refractivity contribution is -0.142. The maximum absolute atomic E-state index is 15.4. The molecule has 10 atom stereocenters. The molecular weight excluding hydrogens is 1350 g/mol. The minimum absolute atomic E-state index is 0.0118. The van der Waals surface area contributed by atoms with Gasteiger partial charge in [-0.2, -0.15) is 5.21 Å². The Labute approximate surface area is 600 Å². The summed E-state index contributed by atoms with van der Waals surface area (Å²) in [5.74, 6) is -15.3. The third kappa shape index (κ3) is 25.4. The van der Waals surface area contributed by atoms with E-state index in [4.69, 9.17) is 21.9 Å². The Morgan fingerprint density at radius 2 is 1.28 bits per heavy atom. The topological polar surface area (TPSA) is 524 Å². The van der Waals surface area contributed by atoms with Gasteiger partial charge in [0.2, 0.25) is 59.1 Å². The lowest BCUT2D eigenvalue weighted by Crippen LogP contribution is -2.67. The Hall–Kier alpha value is -10.6. The Morgan fingerprint density at radius 3 is 1.87 bits per heavy atom. The number of carboxylic acid groups (broad SMARTS) is 1. The number of aryl methyl sites for hydroxylation is 4. The number of hydrogen-bond donors (Lipinski definition) is 16. The van der Waals surface area contributed by atoms with Gasteiger partial charge in [-0.15, -0.1) is 10.2 Å². The molecule has 104 heavy (non-hydrogen) atoms. The molecule has 0 saturated carbocycles. The zero-order valence-corrected chi connectivity index (χ0v) is 59.4. The number of carboxylic acids is 1. The molecule has 33 heteroatoms. The number of halogens is 1. The predicted octanol–water partition coefficient (Wildman–Crippen LogP) is -0.946. The Morgan fingerprint density at radius 1 is 0.663 bits per heavy atom. The van der Waals surface area contributed by atoms with Crippen LogP contribution in [0.2, 0.25) is 0 Å². The van der Waals surface area contributed by atoms with E-state index in [1.807, 2.05) is 57.2 Å². The lowest BCUT2D eigenvalue weighted by Gasteiger charge is -2.34. The van der Waals surface area contributed by atoms with Crippen LogP contribution in [-0.4, -0.2) is 192 Å². The fraction of sp³-hybridized carbons (Fsp3) is 0.479. The molecule has 5 rings (SSSR count). The fourth-order valence-corrected chi connectivity index (χ4v) is 11.2. The summed E-state index contributed by atoms with van der Waals surface area (Å²) in [6.07, 6.45) is -3.41. The molecule has 0 fully saturated rings. The number of nitrogens with one attached hydrogen (secondary N) is 9. The summed E-state index contributed by atoms with van der Waals surface area (Å²) in [6.45, 7) is 10.4. The first-order valence-electron chi connectivity index (χ1n) is 33.9. The van der Waals surface area contributed by atoms with Crippen LogP contribution in [0.1, 0.15) is 119 Å². The molecule has 1 aromatic heterocycles. The van der Waals surface area contributed by atoms with Crippen LogP contribution in [0.4, 0.5) is 4.39 Å². The average Bonchev–Trinajstić information content (AvgIpc) is 0.920. The van der Waals surface area contributed by atoms with Crippen molar-refractivity contribution in [2.24, 2.45) is 28.5 Å². The molecule has 19 N–H and O–H groups in total. The smallest absolute Gasteiger partial charge is 0.305 e. The van der Waals surface area contributed by atoms with Crippen LogP contribution in [0, 0.1) is 31.0 Å². The zero-order valence-electron chi connectivity index (χ0n) is 59.4. The number of aromatic amines is 1. The van der Waals surface area contributed by atoms with E-state index in [2.05, 4.69) is 63.2 Å². The van der Waals surface area contributed by atoms with Crippen LogP contribution in [0.5, 0.6) is 5.75 Å². The molecule has 10 amide bonds. The SMILES string of the molecule is CCc1cc(OCCCCN)ccc1-c1ccc(C[C@H](NC(=O)[C@H](CC(=O)O)NC(=O)[C@H](CO)NC(=O)[C@@H](NC(=O)[C@](C)(Cc2ccccc2F)NC(=O)[C@@H](NC(=O)CNC(=O)[C@@H](CC(=O)C(C)(C)C(N)=O)Cc2nn[nH]n2)[C@@H](C)O)[C@@H](C)O)C(=O)N[C@@H](CCCc2cc(C)cc(C)c2)C(N)=O)cc1. The number of hydrogen-bond acceptors (Lipinski definition) is 20. The first-order valence-corrected chi connectivity index (χ1v) is 33.9. The van der Waals surface area contributed by atoms with Crippen molar-refractivity contribution < 1.29 is 87.1 Å². The van der Waals surface area contributed by atoms with Crippen LogP contribution in [0.3, 0.4) is 0 Å². The van der Waals surface area contributed by atoms with Crippen molar-refractivity contribution in [1.29, 1.82) is 0 Å². The third-order valence-electron chi connectivity index (χ3n) is 17.3. The van der Waals surface area contributed by atoms with Crippen molar-refractivity contribution in [3.63, 3.8) is 0 Å². The van der Waals surface area contributed by atoms with Gasteiger partial charge in [0, 0.05) is 25.7 Å². The largest absolute Gasteiger partial charge is 0.494 e. The van der Waals surface area contributed by atoms with Gasteiger partial charge < -0.3 is 84.9 Å². The van der Waals surface area contributed by atoms with Crippen LogP contribution < -0.4 is 64.5 Å². The van der Waals surface area contributed by atoms with Crippen molar-refractivity contribution in [3.8, 4) is 16.9 Å². The maximum atomic E-state index is 15.4. The number of carbonyl (C=O) groups excluding carboxylic acids is 11. The Bertz CT molecular complexity index is 3820. The van der Waals surface area contributed by atoms with E-state index in [1.54, 1.807) is 24.3 Å². The molecule has 1 heterocycles. The van der Waals surface area contributed by atoms with E-state index in [-0.39, 0.29) is 30.7 Å². The molecule has 0 bridgehead atoms. The summed E-state index contributed by atoms with van der Waals surface area (Å²) >= 11 is 0. The number of primary amides is 2.